The number of hydrogen-bond donors (Lipinski definition) is 2. The molecule has 6 nitrogen and oxygen atoms in total. The number of carbonyl (C=O) groups excluding carboxylic acids is 1. The molecular formula is C9H9N5OS. The molecule has 0 aromatic carbocycles. The number of nitrogen functional groups attached to an aromatic ring is 1. The lowest BCUT2D eigenvalue weighted by Gasteiger charge is -2.01. The van der Waals surface area contributed by atoms with Crippen molar-refractivity contribution >= 4 is 28.2 Å². The predicted molar refractivity (Wildman–Crippen MR) is 61.2 cm³/mol. The lowest BCUT2D eigenvalue weighted by Crippen LogP contribution is -2.12. The van der Waals surface area contributed by atoms with Crippen LogP contribution in [-0.4, -0.2) is 20.9 Å². The maximum atomic E-state index is 11.8. The van der Waals surface area contributed by atoms with E-state index in [1.54, 1.807) is 6.92 Å². The number of aromatic nitrogens is 3. The minimum Gasteiger partial charge on any atom is -0.375 e. The molecule has 0 bridgehead atoms. The second kappa shape index (κ2) is 4.23. The highest BCUT2D eigenvalue weighted by atomic mass is 32.1. The fourth-order valence-corrected chi connectivity index (χ4v) is 1.89. The Kier molecular flexibility index (Phi) is 2.78. The zero-order valence-electron chi connectivity index (χ0n) is 8.47. The first-order chi connectivity index (χ1) is 7.66. The van der Waals surface area contributed by atoms with Crippen LogP contribution < -0.4 is 11.1 Å². The van der Waals surface area contributed by atoms with Crippen LogP contribution in [0.2, 0.25) is 0 Å². The Hall–Kier alpha value is -2.02. The highest BCUT2D eigenvalue weighted by Gasteiger charge is 2.14. The van der Waals surface area contributed by atoms with Crippen molar-refractivity contribution in [1.82, 2.24) is 15.0 Å². The molecule has 82 valence electrons. The number of rotatable bonds is 2. The molecule has 2 aromatic heterocycles. The van der Waals surface area contributed by atoms with Crippen LogP contribution in [0.1, 0.15) is 15.4 Å². The largest absolute Gasteiger partial charge is 0.375 e. The van der Waals surface area contributed by atoms with E-state index in [-0.39, 0.29) is 5.91 Å². The van der Waals surface area contributed by atoms with Gasteiger partial charge in [-0.05, 0) is 6.92 Å². The van der Waals surface area contributed by atoms with E-state index in [1.807, 2.05) is 0 Å². The summed E-state index contributed by atoms with van der Waals surface area (Å²) in [7, 11) is 0. The maximum Gasteiger partial charge on any atom is 0.268 e. The first-order valence-corrected chi connectivity index (χ1v) is 5.28. The normalized spacial score (nSPS) is 10.1. The number of nitrogens with one attached hydrogen (secondary N) is 1. The Labute approximate surface area is 95.6 Å². The Morgan fingerprint density at radius 1 is 1.50 bits per heavy atom. The molecule has 2 rings (SSSR count). The van der Waals surface area contributed by atoms with Crippen LogP contribution in [0.3, 0.4) is 0 Å². The number of anilines is 2. The monoisotopic (exact) mass is 235 g/mol. The van der Waals surface area contributed by atoms with Crippen molar-refractivity contribution in [2.75, 3.05) is 11.1 Å². The minimum absolute atomic E-state index is 0.271. The van der Waals surface area contributed by atoms with Crippen LogP contribution in [0, 0.1) is 6.92 Å². The Bertz CT molecular complexity index is 510. The summed E-state index contributed by atoms with van der Waals surface area (Å²) in [5.41, 5.74) is 6.12. The smallest absolute Gasteiger partial charge is 0.268 e. The van der Waals surface area contributed by atoms with Gasteiger partial charge in [0.25, 0.3) is 5.91 Å². The number of amides is 1. The average Bonchev–Trinajstić information content (AvgIpc) is 2.59. The van der Waals surface area contributed by atoms with Crippen molar-refractivity contribution in [1.29, 1.82) is 0 Å². The molecule has 3 N–H and O–H groups in total. The van der Waals surface area contributed by atoms with E-state index >= 15 is 0 Å². The molecule has 0 aliphatic heterocycles. The molecule has 0 atom stereocenters. The number of hydrogen-bond acceptors (Lipinski definition) is 6. The Balaban J connectivity index is 2.18. The van der Waals surface area contributed by atoms with Gasteiger partial charge in [-0.3, -0.25) is 9.78 Å². The number of nitrogens with zero attached hydrogens (tertiary/aromatic N) is 3. The van der Waals surface area contributed by atoms with E-state index in [1.165, 1.54) is 18.6 Å². The van der Waals surface area contributed by atoms with Crippen LogP contribution in [0.4, 0.5) is 10.9 Å². The van der Waals surface area contributed by atoms with Crippen molar-refractivity contribution in [2.24, 2.45) is 0 Å². The van der Waals surface area contributed by atoms with Crippen molar-refractivity contribution in [3.8, 4) is 0 Å². The van der Waals surface area contributed by atoms with Crippen LogP contribution in [-0.2, 0) is 0 Å². The molecule has 0 saturated heterocycles. The Morgan fingerprint density at radius 2 is 2.31 bits per heavy atom. The summed E-state index contributed by atoms with van der Waals surface area (Å²) in [5, 5.41) is 2.99. The zero-order valence-corrected chi connectivity index (χ0v) is 9.28. The van der Waals surface area contributed by atoms with Crippen LogP contribution >= 0.6 is 11.3 Å². The van der Waals surface area contributed by atoms with Crippen molar-refractivity contribution in [3.63, 3.8) is 0 Å². The first-order valence-electron chi connectivity index (χ1n) is 4.47. The Morgan fingerprint density at radius 3 is 2.88 bits per heavy atom. The zero-order chi connectivity index (χ0) is 11.5. The van der Waals surface area contributed by atoms with Gasteiger partial charge in [-0.25, -0.2) is 9.97 Å². The van der Waals surface area contributed by atoms with E-state index in [4.69, 9.17) is 5.73 Å². The summed E-state index contributed by atoms with van der Waals surface area (Å²) in [6.45, 7) is 1.73. The quantitative estimate of drug-likeness (QED) is 0.812. The molecule has 2 aromatic rings. The third kappa shape index (κ3) is 2.14. The third-order valence-corrected chi connectivity index (χ3v) is 2.81. The third-order valence-electron chi connectivity index (χ3n) is 1.82. The SMILES string of the molecule is Cc1nc(N)sc1C(=O)Nc1cnccn1. The summed E-state index contributed by atoms with van der Waals surface area (Å²) in [4.78, 5) is 24.0. The number of aryl methyl sites for hydroxylation is 1. The van der Waals surface area contributed by atoms with Gasteiger partial charge in [0, 0.05) is 12.4 Å². The molecule has 0 spiro atoms. The fourth-order valence-electron chi connectivity index (χ4n) is 1.16. The van der Waals surface area contributed by atoms with Crippen LogP contribution in [0.25, 0.3) is 0 Å². The van der Waals surface area contributed by atoms with Gasteiger partial charge >= 0.3 is 0 Å². The molecule has 7 heteroatoms. The second-order valence-corrected chi connectivity index (χ2v) is 4.04. The van der Waals surface area contributed by atoms with Gasteiger partial charge in [-0.15, -0.1) is 0 Å². The number of nitrogens with two attached hydrogens (primary N) is 1. The van der Waals surface area contributed by atoms with Gasteiger partial charge < -0.3 is 11.1 Å². The van der Waals surface area contributed by atoms with Gasteiger partial charge in [0.15, 0.2) is 10.9 Å². The van der Waals surface area contributed by atoms with Gasteiger partial charge in [0.2, 0.25) is 0 Å². The lowest BCUT2D eigenvalue weighted by molar-refractivity contribution is 0.102. The van der Waals surface area contributed by atoms with Crippen molar-refractivity contribution in [2.45, 2.75) is 6.92 Å². The fraction of sp³-hybridized carbons (Fsp3) is 0.111. The maximum absolute atomic E-state index is 11.8. The lowest BCUT2D eigenvalue weighted by atomic mass is 10.4. The molecule has 0 saturated carbocycles. The summed E-state index contributed by atoms with van der Waals surface area (Å²) < 4.78 is 0. The number of thiazole rings is 1. The van der Waals surface area contributed by atoms with Gasteiger partial charge in [0.05, 0.1) is 11.9 Å². The molecule has 0 radical (unpaired) electrons. The molecule has 2 heterocycles. The van der Waals surface area contributed by atoms with Crippen LogP contribution in [0.5, 0.6) is 0 Å². The van der Waals surface area contributed by atoms with Gasteiger partial charge in [0.1, 0.15) is 4.88 Å². The van der Waals surface area contributed by atoms with Crippen LogP contribution in [0.15, 0.2) is 18.6 Å². The number of carbonyl (C=O) groups is 1. The summed E-state index contributed by atoms with van der Waals surface area (Å²) >= 11 is 1.15. The standard InChI is InChI=1S/C9H9N5OS/c1-5-7(16-9(10)13-5)8(15)14-6-4-11-2-3-12-6/h2-4H,1H3,(H2,10,13)(H,12,14,15). The molecule has 0 aliphatic rings. The van der Waals surface area contributed by atoms with E-state index < -0.39 is 0 Å². The summed E-state index contributed by atoms with van der Waals surface area (Å²) in [5.74, 6) is 0.131. The molecule has 1 amide bonds. The van der Waals surface area contributed by atoms with E-state index in [0.29, 0.717) is 21.5 Å². The first kappa shape index (κ1) is 10.5. The summed E-state index contributed by atoms with van der Waals surface area (Å²) in [6, 6.07) is 0. The topological polar surface area (TPSA) is 93.8 Å². The summed E-state index contributed by atoms with van der Waals surface area (Å²) in [6.07, 6.45) is 4.51. The van der Waals surface area contributed by atoms with Gasteiger partial charge in [-0.2, -0.15) is 0 Å². The molecular weight excluding hydrogens is 226 g/mol. The molecule has 0 unspecified atom stereocenters. The highest BCUT2D eigenvalue weighted by molar-refractivity contribution is 7.17. The molecule has 0 fully saturated rings. The molecule has 16 heavy (non-hydrogen) atoms. The molecule has 0 aliphatic carbocycles. The van der Waals surface area contributed by atoms with E-state index in [2.05, 4.69) is 20.3 Å². The highest BCUT2D eigenvalue weighted by Crippen LogP contribution is 2.20. The van der Waals surface area contributed by atoms with Crippen molar-refractivity contribution in [3.05, 3.63) is 29.2 Å². The van der Waals surface area contributed by atoms with E-state index in [0.717, 1.165) is 11.3 Å². The predicted octanol–water partition coefficient (Wildman–Crippen LogP) is 1.08. The minimum atomic E-state index is -0.271. The van der Waals surface area contributed by atoms with Gasteiger partial charge in [-0.1, -0.05) is 11.3 Å². The van der Waals surface area contributed by atoms with Crippen molar-refractivity contribution < 1.29 is 4.79 Å². The average molecular weight is 235 g/mol. The second-order valence-electron chi connectivity index (χ2n) is 3.01. The van der Waals surface area contributed by atoms with E-state index in [9.17, 15) is 4.79 Å².